The number of fused-ring (bicyclic) bond motifs is 1. The molecule has 6 atom stereocenters. The molecular weight excluding hydrogens is 304 g/mol. The van der Waals surface area contributed by atoms with Crippen molar-refractivity contribution in [1.29, 1.82) is 0 Å². The molecule has 0 amide bonds. The number of esters is 1. The molecule has 0 spiro atoms. The van der Waals surface area contributed by atoms with Gasteiger partial charge in [-0.3, -0.25) is 4.79 Å². The summed E-state index contributed by atoms with van der Waals surface area (Å²) in [4.78, 5) is 25.1. The summed E-state index contributed by atoms with van der Waals surface area (Å²) in [6.45, 7) is 11.7. The molecule has 0 aromatic heterocycles. The summed E-state index contributed by atoms with van der Waals surface area (Å²) in [5, 5.41) is 10.8. The topological polar surface area (TPSA) is 63.6 Å². The van der Waals surface area contributed by atoms with E-state index in [0.717, 1.165) is 5.57 Å². The average molecular weight is 332 g/mol. The summed E-state index contributed by atoms with van der Waals surface area (Å²) in [5.41, 5.74) is 0.813. The number of allylic oxidation sites excluding steroid dienone is 3. The standard InChI is InChI=1S/C20H28O4/c1-7-10(2)18(23)24-14-9-13(22)19(4,5)17-15-11(3)8-12(21)16(17)20(14,15)6/h7-8,13-17,22H,9H2,1-6H3. The summed E-state index contributed by atoms with van der Waals surface area (Å²) in [5.74, 6) is -0.126. The maximum absolute atomic E-state index is 12.7. The van der Waals surface area contributed by atoms with Crippen LogP contribution in [0.5, 0.6) is 0 Å². The van der Waals surface area contributed by atoms with Gasteiger partial charge < -0.3 is 9.84 Å². The van der Waals surface area contributed by atoms with Gasteiger partial charge in [0.15, 0.2) is 5.78 Å². The number of hydrogen-bond donors (Lipinski definition) is 1. The van der Waals surface area contributed by atoms with Gasteiger partial charge in [-0.25, -0.2) is 4.79 Å². The predicted molar refractivity (Wildman–Crippen MR) is 91.1 cm³/mol. The lowest BCUT2D eigenvalue weighted by Gasteiger charge is -2.65. The first-order valence-electron chi connectivity index (χ1n) is 8.80. The molecule has 4 bridgehead atoms. The van der Waals surface area contributed by atoms with E-state index in [1.807, 2.05) is 20.8 Å². The highest BCUT2D eigenvalue weighted by Gasteiger charge is 2.73. The molecule has 0 aromatic rings. The van der Waals surface area contributed by atoms with Crippen molar-refractivity contribution in [2.45, 2.75) is 60.2 Å². The Morgan fingerprint density at radius 1 is 1.33 bits per heavy atom. The Bertz CT molecular complexity index is 657. The third-order valence-corrected chi connectivity index (χ3v) is 7.08. The van der Waals surface area contributed by atoms with Gasteiger partial charge in [-0.2, -0.15) is 0 Å². The molecule has 0 radical (unpaired) electrons. The fourth-order valence-electron chi connectivity index (χ4n) is 5.46. The van der Waals surface area contributed by atoms with Crippen molar-refractivity contribution in [3.8, 4) is 0 Å². The molecule has 24 heavy (non-hydrogen) atoms. The van der Waals surface area contributed by atoms with Crippen LogP contribution in [0.4, 0.5) is 0 Å². The molecule has 132 valence electrons. The van der Waals surface area contributed by atoms with Gasteiger partial charge >= 0.3 is 5.97 Å². The molecule has 0 aliphatic heterocycles. The molecular formula is C20H28O4. The van der Waals surface area contributed by atoms with Gasteiger partial charge in [-0.05, 0) is 44.1 Å². The summed E-state index contributed by atoms with van der Waals surface area (Å²) in [6, 6.07) is 0. The third-order valence-electron chi connectivity index (χ3n) is 7.08. The molecule has 6 unspecified atom stereocenters. The lowest BCUT2D eigenvalue weighted by Crippen LogP contribution is -2.67. The maximum atomic E-state index is 12.7. The largest absolute Gasteiger partial charge is 0.458 e. The third kappa shape index (κ3) is 2.01. The SMILES string of the molecule is CC=C(C)C(=O)OC1CC(O)C(C)(C)C2C3C(=O)C=C(C)C2C13C. The van der Waals surface area contributed by atoms with E-state index >= 15 is 0 Å². The van der Waals surface area contributed by atoms with Crippen molar-refractivity contribution >= 4 is 11.8 Å². The zero-order valence-electron chi connectivity index (χ0n) is 15.4. The van der Waals surface area contributed by atoms with Gasteiger partial charge in [-0.1, -0.05) is 32.4 Å². The quantitative estimate of drug-likeness (QED) is 0.623. The van der Waals surface area contributed by atoms with Gasteiger partial charge in [0.2, 0.25) is 0 Å². The van der Waals surface area contributed by atoms with E-state index in [4.69, 9.17) is 4.74 Å². The van der Waals surface area contributed by atoms with Gasteiger partial charge in [-0.15, -0.1) is 0 Å². The maximum Gasteiger partial charge on any atom is 0.333 e. The highest BCUT2D eigenvalue weighted by Crippen LogP contribution is 2.71. The number of ketones is 1. The molecule has 2 fully saturated rings. The van der Waals surface area contributed by atoms with Crippen molar-refractivity contribution in [2.75, 3.05) is 0 Å². The normalized spacial score (nSPS) is 43.5. The van der Waals surface area contributed by atoms with Crippen molar-refractivity contribution in [1.82, 2.24) is 0 Å². The fourth-order valence-corrected chi connectivity index (χ4v) is 5.46. The summed E-state index contributed by atoms with van der Waals surface area (Å²) in [6.07, 6.45) is 2.81. The van der Waals surface area contributed by atoms with Crippen LogP contribution in [0.1, 0.15) is 48.0 Å². The molecule has 0 aromatic carbocycles. The summed E-state index contributed by atoms with van der Waals surface area (Å²) >= 11 is 0. The van der Waals surface area contributed by atoms with Crippen LogP contribution in [0.15, 0.2) is 23.3 Å². The van der Waals surface area contributed by atoms with Crippen molar-refractivity contribution < 1.29 is 19.4 Å². The zero-order chi connectivity index (χ0) is 18.0. The Kier molecular flexibility index (Phi) is 3.83. The van der Waals surface area contributed by atoms with E-state index in [9.17, 15) is 14.7 Å². The lowest BCUT2D eigenvalue weighted by atomic mass is 9.37. The van der Waals surface area contributed by atoms with Crippen LogP contribution >= 0.6 is 0 Å². The van der Waals surface area contributed by atoms with E-state index in [2.05, 4.69) is 6.92 Å². The monoisotopic (exact) mass is 332 g/mol. The van der Waals surface area contributed by atoms with Gasteiger partial charge in [0.05, 0.1) is 6.10 Å². The smallest absolute Gasteiger partial charge is 0.333 e. The minimum absolute atomic E-state index is 0.113. The highest BCUT2D eigenvalue weighted by atomic mass is 16.5. The Balaban J connectivity index is 2.05. The molecule has 4 nitrogen and oxygen atoms in total. The van der Waals surface area contributed by atoms with Crippen LogP contribution in [0.3, 0.4) is 0 Å². The number of aliphatic hydroxyl groups is 1. The second-order valence-electron chi connectivity index (χ2n) is 8.58. The van der Waals surface area contributed by atoms with Crippen LogP contribution in [0.2, 0.25) is 0 Å². The highest BCUT2D eigenvalue weighted by molar-refractivity contribution is 5.97. The van der Waals surface area contributed by atoms with Gasteiger partial charge in [0, 0.05) is 23.3 Å². The number of carbonyl (C=O) groups excluding carboxylic acids is 2. The van der Waals surface area contributed by atoms with Crippen LogP contribution < -0.4 is 0 Å². The number of carbonyl (C=O) groups is 2. The van der Waals surface area contributed by atoms with Crippen molar-refractivity contribution in [3.63, 3.8) is 0 Å². The Morgan fingerprint density at radius 2 is 1.96 bits per heavy atom. The molecule has 3 aliphatic rings. The van der Waals surface area contributed by atoms with E-state index in [1.165, 1.54) is 0 Å². The molecule has 1 N–H and O–H groups in total. The van der Waals surface area contributed by atoms with Crippen LogP contribution in [0, 0.1) is 28.6 Å². The zero-order valence-corrected chi connectivity index (χ0v) is 15.4. The Hall–Kier alpha value is -1.42. The Morgan fingerprint density at radius 3 is 2.50 bits per heavy atom. The lowest BCUT2D eigenvalue weighted by molar-refractivity contribution is -0.201. The number of rotatable bonds is 2. The predicted octanol–water partition coefficient (Wildman–Crippen LogP) is 3.05. The minimum atomic E-state index is -0.598. The van der Waals surface area contributed by atoms with Crippen LogP contribution in [0.25, 0.3) is 0 Å². The number of hydrogen-bond acceptors (Lipinski definition) is 4. The summed E-state index contributed by atoms with van der Waals surface area (Å²) in [7, 11) is 0. The van der Waals surface area contributed by atoms with Gasteiger partial charge in [0.25, 0.3) is 0 Å². The van der Waals surface area contributed by atoms with Crippen molar-refractivity contribution in [3.05, 3.63) is 23.3 Å². The van der Waals surface area contributed by atoms with Gasteiger partial charge in [0.1, 0.15) is 6.10 Å². The van der Waals surface area contributed by atoms with E-state index in [0.29, 0.717) is 12.0 Å². The molecule has 0 saturated heterocycles. The number of aliphatic hydroxyl groups excluding tert-OH is 1. The van der Waals surface area contributed by atoms with E-state index in [1.54, 1.807) is 26.0 Å². The first-order chi connectivity index (χ1) is 11.1. The summed E-state index contributed by atoms with van der Waals surface area (Å²) < 4.78 is 5.83. The molecule has 2 saturated carbocycles. The second-order valence-corrected chi connectivity index (χ2v) is 8.58. The minimum Gasteiger partial charge on any atom is -0.458 e. The molecule has 3 aliphatic carbocycles. The fraction of sp³-hybridized carbons (Fsp3) is 0.700. The molecule has 0 heterocycles. The first-order valence-corrected chi connectivity index (χ1v) is 8.80. The average Bonchev–Trinajstić information content (AvgIpc) is 2.59. The van der Waals surface area contributed by atoms with Crippen LogP contribution in [-0.2, 0) is 14.3 Å². The van der Waals surface area contributed by atoms with E-state index < -0.39 is 17.6 Å². The molecule has 3 rings (SSSR count). The van der Waals surface area contributed by atoms with Crippen LogP contribution in [-0.4, -0.2) is 29.1 Å². The molecule has 4 heteroatoms. The Labute approximate surface area is 144 Å². The van der Waals surface area contributed by atoms with Crippen molar-refractivity contribution in [2.24, 2.45) is 28.6 Å². The second kappa shape index (κ2) is 5.29. The van der Waals surface area contributed by atoms with E-state index in [-0.39, 0.29) is 34.9 Å². The number of ether oxygens (including phenoxy) is 1. The first kappa shape index (κ1) is 17.4.